The van der Waals surface area contributed by atoms with Gasteiger partial charge in [0.15, 0.2) is 0 Å². The summed E-state index contributed by atoms with van der Waals surface area (Å²) in [6, 6.07) is 8.54. The van der Waals surface area contributed by atoms with Gasteiger partial charge in [0.1, 0.15) is 13.1 Å². The highest BCUT2D eigenvalue weighted by molar-refractivity contribution is 6.13. The van der Waals surface area contributed by atoms with Crippen molar-refractivity contribution >= 4 is 23.5 Å². The van der Waals surface area contributed by atoms with Crippen LogP contribution in [-0.2, 0) is 9.59 Å². The van der Waals surface area contributed by atoms with E-state index < -0.39 is 6.03 Å². The van der Waals surface area contributed by atoms with Crippen molar-refractivity contribution in [2.75, 3.05) is 31.1 Å². The molecule has 0 radical (unpaired) electrons. The van der Waals surface area contributed by atoms with E-state index in [1.165, 1.54) is 4.90 Å². The minimum absolute atomic E-state index is 0.0195. The van der Waals surface area contributed by atoms with Gasteiger partial charge in [-0.15, -0.1) is 0 Å². The first-order valence-electron chi connectivity index (χ1n) is 7.03. The molecule has 0 aromatic heterocycles. The van der Waals surface area contributed by atoms with E-state index in [0.29, 0.717) is 18.8 Å². The van der Waals surface area contributed by atoms with Gasteiger partial charge in [-0.3, -0.25) is 19.4 Å². The number of nitrogens with zero attached hydrogens (tertiary/aromatic N) is 3. The molecule has 0 spiro atoms. The van der Waals surface area contributed by atoms with E-state index in [-0.39, 0.29) is 24.9 Å². The molecular weight excluding hydrogens is 270 g/mol. The van der Waals surface area contributed by atoms with Crippen molar-refractivity contribution in [1.29, 1.82) is 0 Å². The first kappa shape index (κ1) is 15.0. The summed E-state index contributed by atoms with van der Waals surface area (Å²) in [5.74, 6) is -0.555. The predicted octanol–water partition coefficient (Wildman–Crippen LogP) is 1.32. The Morgan fingerprint density at radius 2 is 1.76 bits per heavy atom. The Bertz CT molecular complexity index is 540. The molecule has 1 aromatic carbocycles. The fourth-order valence-corrected chi connectivity index (χ4v) is 2.32. The standard InChI is InChI=1S/C15H19N3O3/c1-3-16(4-2)13(19)10-18-14(20)11-17(15(18)21)12-8-6-5-7-9-12/h5-9H,3-4,10-11H2,1-2H3. The molecule has 6 heteroatoms. The minimum Gasteiger partial charge on any atom is -0.342 e. The fraction of sp³-hybridized carbons (Fsp3) is 0.400. The van der Waals surface area contributed by atoms with Gasteiger partial charge in [-0.1, -0.05) is 18.2 Å². The summed E-state index contributed by atoms with van der Waals surface area (Å²) < 4.78 is 0. The molecule has 0 atom stereocenters. The third-order valence-electron chi connectivity index (χ3n) is 3.53. The van der Waals surface area contributed by atoms with Crippen LogP contribution in [0.1, 0.15) is 13.8 Å². The number of hydrogen-bond donors (Lipinski definition) is 0. The van der Waals surface area contributed by atoms with Crippen molar-refractivity contribution in [3.05, 3.63) is 30.3 Å². The average molecular weight is 289 g/mol. The number of imide groups is 1. The van der Waals surface area contributed by atoms with Crippen LogP contribution in [0.3, 0.4) is 0 Å². The number of carbonyl (C=O) groups is 3. The lowest BCUT2D eigenvalue weighted by Crippen LogP contribution is -2.43. The third-order valence-corrected chi connectivity index (χ3v) is 3.53. The molecule has 0 N–H and O–H groups in total. The fourth-order valence-electron chi connectivity index (χ4n) is 2.32. The summed E-state index contributed by atoms with van der Waals surface area (Å²) in [4.78, 5) is 40.4. The van der Waals surface area contributed by atoms with E-state index in [4.69, 9.17) is 0 Å². The summed E-state index contributed by atoms with van der Waals surface area (Å²) in [7, 11) is 0. The predicted molar refractivity (Wildman–Crippen MR) is 78.8 cm³/mol. The Morgan fingerprint density at radius 1 is 1.14 bits per heavy atom. The van der Waals surface area contributed by atoms with Crippen LogP contribution in [0.15, 0.2) is 30.3 Å². The van der Waals surface area contributed by atoms with E-state index in [1.807, 2.05) is 19.9 Å². The molecule has 2 rings (SSSR count). The summed E-state index contributed by atoms with van der Waals surface area (Å²) in [5, 5.41) is 0. The lowest BCUT2D eigenvalue weighted by Gasteiger charge is -2.22. The number of likely N-dealkylation sites (N-methyl/N-ethyl adjacent to an activating group) is 1. The van der Waals surface area contributed by atoms with E-state index in [9.17, 15) is 14.4 Å². The van der Waals surface area contributed by atoms with Gasteiger partial charge in [-0.05, 0) is 26.0 Å². The molecule has 6 nitrogen and oxygen atoms in total. The van der Waals surface area contributed by atoms with Crippen molar-refractivity contribution in [2.24, 2.45) is 0 Å². The molecule has 1 saturated heterocycles. The molecular formula is C15H19N3O3. The lowest BCUT2D eigenvalue weighted by molar-refractivity contribution is -0.136. The van der Waals surface area contributed by atoms with Gasteiger partial charge in [0, 0.05) is 18.8 Å². The zero-order valence-corrected chi connectivity index (χ0v) is 12.3. The summed E-state index contributed by atoms with van der Waals surface area (Å²) in [6.45, 7) is 4.65. The summed E-state index contributed by atoms with van der Waals surface area (Å²) in [5.41, 5.74) is 0.661. The maximum atomic E-state index is 12.3. The molecule has 0 bridgehead atoms. The Balaban J connectivity index is 2.11. The van der Waals surface area contributed by atoms with Crippen LogP contribution in [0, 0.1) is 0 Å². The summed E-state index contributed by atoms with van der Waals surface area (Å²) in [6.07, 6.45) is 0. The average Bonchev–Trinajstić information content (AvgIpc) is 2.77. The molecule has 1 aromatic rings. The zero-order chi connectivity index (χ0) is 15.4. The van der Waals surface area contributed by atoms with Gasteiger partial charge in [0.2, 0.25) is 5.91 Å². The number of benzene rings is 1. The van der Waals surface area contributed by atoms with Crippen LogP contribution < -0.4 is 4.90 Å². The number of anilines is 1. The Labute approximate surface area is 123 Å². The Kier molecular flexibility index (Phi) is 4.57. The van der Waals surface area contributed by atoms with Crippen molar-refractivity contribution in [2.45, 2.75) is 13.8 Å². The molecule has 4 amide bonds. The highest BCUT2D eigenvalue weighted by atomic mass is 16.2. The summed E-state index contributed by atoms with van der Waals surface area (Å²) >= 11 is 0. The quantitative estimate of drug-likeness (QED) is 0.768. The highest BCUT2D eigenvalue weighted by Crippen LogP contribution is 2.20. The molecule has 0 saturated carbocycles. The molecule has 1 aliphatic rings. The van der Waals surface area contributed by atoms with Crippen molar-refractivity contribution in [1.82, 2.24) is 9.80 Å². The molecule has 0 unspecified atom stereocenters. The number of para-hydroxylation sites is 1. The van der Waals surface area contributed by atoms with Gasteiger partial charge in [0.05, 0.1) is 0 Å². The van der Waals surface area contributed by atoms with Crippen LogP contribution in [0.5, 0.6) is 0 Å². The maximum absolute atomic E-state index is 12.3. The molecule has 1 fully saturated rings. The molecule has 1 aliphatic heterocycles. The van der Waals surface area contributed by atoms with E-state index in [1.54, 1.807) is 29.2 Å². The molecule has 112 valence electrons. The van der Waals surface area contributed by atoms with Gasteiger partial charge in [-0.25, -0.2) is 4.79 Å². The van der Waals surface area contributed by atoms with Crippen LogP contribution in [-0.4, -0.2) is 53.8 Å². The largest absolute Gasteiger partial charge is 0.342 e. The van der Waals surface area contributed by atoms with E-state index >= 15 is 0 Å². The van der Waals surface area contributed by atoms with Gasteiger partial charge in [0.25, 0.3) is 5.91 Å². The second-order valence-electron chi connectivity index (χ2n) is 4.75. The van der Waals surface area contributed by atoms with Crippen molar-refractivity contribution < 1.29 is 14.4 Å². The van der Waals surface area contributed by atoms with Gasteiger partial charge >= 0.3 is 6.03 Å². The smallest absolute Gasteiger partial charge is 0.332 e. The second-order valence-corrected chi connectivity index (χ2v) is 4.75. The van der Waals surface area contributed by atoms with Crippen LogP contribution in [0.4, 0.5) is 10.5 Å². The zero-order valence-electron chi connectivity index (χ0n) is 12.3. The second kappa shape index (κ2) is 6.39. The van der Waals surface area contributed by atoms with Crippen LogP contribution in [0.2, 0.25) is 0 Å². The highest BCUT2D eigenvalue weighted by Gasteiger charge is 2.38. The number of rotatable bonds is 5. The number of carbonyl (C=O) groups excluding carboxylic acids is 3. The Morgan fingerprint density at radius 3 is 2.33 bits per heavy atom. The number of hydrogen-bond acceptors (Lipinski definition) is 3. The first-order chi connectivity index (χ1) is 10.1. The molecule has 21 heavy (non-hydrogen) atoms. The number of urea groups is 1. The lowest BCUT2D eigenvalue weighted by atomic mass is 10.3. The first-order valence-corrected chi connectivity index (χ1v) is 7.03. The monoisotopic (exact) mass is 289 g/mol. The van der Waals surface area contributed by atoms with E-state index in [2.05, 4.69) is 0 Å². The van der Waals surface area contributed by atoms with Gasteiger partial charge < -0.3 is 4.90 Å². The molecule has 0 aliphatic carbocycles. The van der Waals surface area contributed by atoms with Crippen molar-refractivity contribution in [3.63, 3.8) is 0 Å². The van der Waals surface area contributed by atoms with E-state index in [0.717, 1.165) is 4.90 Å². The number of amides is 4. The van der Waals surface area contributed by atoms with Crippen LogP contribution in [0.25, 0.3) is 0 Å². The molecule has 1 heterocycles. The minimum atomic E-state index is -0.438. The normalized spacial score (nSPS) is 14.8. The SMILES string of the molecule is CCN(CC)C(=O)CN1C(=O)CN(c2ccccc2)C1=O. The maximum Gasteiger partial charge on any atom is 0.332 e. The van der Waals surface area contributed by atoms with Gasteiger partial charge in [-0.2, -0.15) is 0 Å². The van der Waals surface area contributed by atoms with Crippen LogP contribution >= 0.6 is 0 Å². The Hall–Kier alpha value is -2.37. The third kappa shape index (κ3) is 3.04. The van der Waals surface area contributed by atoms with Crippen molar-refractivity contribution in [3.8, 4) is 0 Å². The topological polar surface area (TPSA) is 60.9 Å².